The number of rotatable bonds is 3. The molecule has 2 rings (SSSR count). The standard InChI is InChI=1S/C10H16O4/c1-7(11)12-4-2-8-6-14-10-9(8)3-5-13-10/h8-10H,2-6H2,1H3/t8-,9-,10+/m0/s1. The van der Waals surface area contributed by atoms with Crippen LogP contribution in [0.3, 0.4) is 0 Å². The van der Waals surface area contributed by atoms with Gasteiger partial charge in [0.05, 0.1) is 19.8 Å². The van der Waals surface area contributed by atoms with E-state index in [1.807, 2.05) is 0 Å². The van der Waals surface area contributed by atoms with E-state index < -0.39 is 0 Å². The van der Waals surface area contributed by atoms with E-state index >= 15 is 0 Å². The van der Waals surface area contributed by atoms with Crippen LogP contribution in [0.5, 0.6) is 0 Å². The summed E-state index contributed by atoms with van der Waals surface area (Å²) in [6, 6.07) is 0. The number of hydrogen-bond acceptors (Lipinski definition) is 4. The molecule has 4 nitrogen and oxygen atoms in total. The van der Waals surface area contributed by atoms with Crippen molar-refractivity contribution in [3.63, 3.8) is 0 Å². The summed E-state index contributed by atoms with van der Waals surface area (Å²) in [6.07, 6.45) is 1.98. The topological polar surface area (TPSA) is 44.8 Å². The van der Waals surface area contributed by atoms with E-state index in [0.29, 0.717) is 18.4 Å². The molecule has 0 spiro atoms. The lowest BCUT2D eigenvalue weighted by atomic mass is 9.91. The van der Waals surface area contributed by atoms with Gasteiger partial charge in [0.15, 0.2) is 6.29 Å². The second kappa shape index (κ2) is 4.28. The molecule has 0 unspecified atom stereocenters. The average Bonchev–Trinajstić information content (AvgIpc) is 2.67. The second-order valence-corrected chi connectivity index (χ2v) is 3.91. The molecule has 0 aromatic rings. The van der Waals surface area contributed by atoms with Gasteiger partial charge in [-0.3, -0.25) is 4.79 Å². The molecule has 2 aliphatic rings. The molecular formula is C10H16O4. The zero-order chi connectivity index (χ0) is 9.97. The van der Waals surface area contributed by atoms with Gasteiger partial charge in [-0.05, 0) is 18.8 Å². The third-order valence-corrected chi connectivity index (χ3v) is 2.96. The number of fused-ring (bicyclic) bond motifs is 1. The molecule has 0 radical (unpaired) electrons. The Morgan fingerprint density at radius 2 is 2.36 bits per heavy atom. The molecule has 3 atom stereocenters. The number of ether oxygens (including phenoxy) is 3. The fourth-order valence-corrected chi connectivity index (χ4v) is 2.20. The number of esters is 1. The van der Waals surface area contributed by atoms with Gasteiger partial charge in [0.2, 0.25) is 0 Å². The van der Waals surface area contributed by atoms with Crippen molar-refractivity contribution in [3.05, 3.63) is 0 Å². The van der Waals surface area contributed by atoms with E-state index in [0.717, 1.165) is 26.1 Å². The molecule has 4 heteroatoms. The monoisotopic (exact) mass is 200 g/mol. The number of carbonyl (C=O) groups excluding carboxylic acids is 1. The first-order chi connectivity index (χ1) is 6.77. The van der Waals surface area contributed by atoms with Crippen LogP contribution in [-0.4, -0.2) is 32.1 Å². The Labute approximate surface area is 83.5 Å². The van der Waals surface area contributed by atoms with E-state index in [4.69, 9.17) is 14.2 Å². The van der Waals surface area contributed by atoms with Gasteiger partial charge in [0, 0.05) is 12.8 Å². The lowest BCUT2D eigenvalue weighted by Gasteiger charge is -2.13. The lowest BCUT2D eigenvalue weighted by molar-refractivity contribution is -0.141. The molecule has 0 amide bonds. The maximum absolute atomic E-state index is 10.6. The predicted octanol–water partition coefficient (Wildman–Crippen LogP) is 0.949. The molecule has 14 heavy (non-hydrogen) atoms. The molecular weight excluding hydrogens is 184 g/mol. The molecule has 0 aromatic carbocycles. The third-order valence-electron chi connectivity index (χ3n) is 2.96. The Morgan fingerprint density at radius 1 is 1.50 bits per heavy atom. The Bertz CT molecular complexity index is 216. The first kappa shape index (κ1) is 9.93. The van der Waals surface area contributed by atoms with Gasteiger partial charge in [-0.2, -0.15) is 0 Å². The highest BCUT2D eigenvalue weighted by atomic mass is 16.7. The molecule has 0 aliphatic carbocycles. The summed E-state index contributed by atoms with van der Waals surface area (Å²) in [6.45, 7) is 3.50. The number of hydrogen-bond donors (Lipinski definition) is 0. The van der Waals surface area contributed by atoms with Crippen LogP contribution in [-0.2, 0) is 19.0 Å². The Balaban J connectivity index is 1.73. The minimum Gasteiger partial charge on any atom is -0.466 e. The van der Waals surface area contributed by atoms with Gasteiger partial charge in [0.25, 0.3) is 0 Å². The summed E-state index contributed by atoms with van der Waals surface area (Å²) in [4.78, 5) is 10.6. The van der Waals surface area contributed by atoms with E-state index in [1.54, 1.807) is 0 Å². The Hall–Kier alpha value is -0.610. The summed E-state index contributed by atoms with van der Waals surface area (Å²) < 4.78 is 15.8. The van der Waals surface area contributed by atoms with Crippen LogP contribution >= 0.6 is 0 Å². The highest BCUT2D eigenvalue weighted by molar-refractivity contribution is 5.65. The van der Waals surface area contributed by atoms with Crippen LogP contribution in [0.1, 0.15) is 19.8 Å². The summed E-state index contributed by atoms with van der Waals surface area (Å²) in [5.74, 6) is 0.815. The molecule has 0 saturated carbocycles. The quantitative estimate of drug-likeness (QED) is 0.636. The van der Waals surface area contributed by atoms with Crippen molar-refractivity contribution in [3.8, 4) is 0 Å². The van der Waals surface area contributed by atoms with Gasteiger partial charge in [0.1, 0.15) is 0 Å². The van der Waals surface area contributed by atoms with Crippen molar-refractivity contribution in [2.75, 3.05) is 19.8 Å². The van der Waals surface area contributed by atoms with Crippen LogP contribution in [0.15, 0.2) is 0 Å². The maximum atomic E-state index is 10.6. The highest BCUT2D eigenvalue weighted by Gasteiger charge is 2.41. The predicted molar refractivity (Wildman–Crippen MR) is 48.5 cm³/mol. The molecule has 2 heterocycles. The van der Waals surface area contributed by atoms with E-state index in [1.165, 1.54) is 6.92 Å². The zero-order valence-electron chi connectivity index (χ0n) is 8.40. The van der Waals surface area contributed by atoms with Crippen molar-refractivity contribution in [1.29, 1.82) is 0 Å². The van der Waals surface area contributed by atoms with Crippen molar-refractivity contribution < 1.29 is 19.0 Å². The van der Waals surface area contributed by atoms with Crippen LogP contribution in [0, 0.1) is 11.8 Å². The van der Waals surface area contributed by atoms with Crippen LogP contribution in [0.4, 0.5) is 0 Å². The van der Waals surface area contributed by atoms with Gasteiger partial charge < -0.3 is 14.2 Å². The van der Waals surface area contributed by atoms with E-state index in [2.05, 4.69) is 0 Å². The summed E-state index contributed by atoms with van der Waals surface area (Å²) >= 11 is 0. The van der Waals surface area contributed by atoms with Gasteiger partial charge in [-0.1, -0.05) is 0 Å². The van der Waals surface area contributed by atoms with Crippen molar-refractivity contribution in [2.45, 2.75) is 26.1 Å². The molecule has 2 aliphatic heterocycles. The van der Waals surface area contributed by atoms with Gasteiger partial charge >= 0.3 is 5.97 Å². The summed E-state index contributed by atoms with van der Waals surface area (Å²) in [7, 11) is 0. The van der Waals surface area contributed by atoms with E-state index in [9.17, 15) is 4.79 Å². The first-order valence-electron chi connectivity index (χ1n) is 5.14. The number of carbonyl (C=O) groups is 1. The molecule has 0 aromatic heterocycles. The lowest BCUT2D eigenvalue weighted by Crippen LogP contribution is -2.17. The SMILES string of the molecule is CC(=O)OCC[C@H]1CO[C@H]2OCC[C@@H]12. The largest absolute Gasteiger partial charge is 0.466 e. The van der Waals surface area contributed by atoms with Crippen LogP contribution in [0.2, 0.25) is 0 Å². The van der Waals surface area contributed by atoms with E-state index in [-0.39, 0.29) is 12.3 Å². The average molecular weight is 200 g/mol. The smallest absolute Gasteiger partial charge is 0.302 e. The first-order valence-corrected chi connectivity index (χ1v) is 5.14. The molecule has 80 valence electrons. The molecule has 0 N–H and O–H groups in total. The normalized spacial score (nSPS) is 35.6. The van der Waals surface area contributed by atoms with Crippen LogP contribution < -0.4 is 0 Å². The second-order valence-electron chi connectivity index (χ2n) is 3.91. The minimum absolute atomic E-state index is 0.0114. The third kappa shape index (κ3) is 2.07. The molecule has 0 bridgehead atoms. The fourth-order valence-electron chi connectivity index (χ4n) is 2.20. The Kier molecular flexibility index (Phi) is 3.03. The highest BCUT2D eigenvalue weighted by Crippen LogP contribution is 2.37. The van der Waals surface area contributed by atoms with Crippen molar-refractivity contribution in [2.24, 2.45) is 11.8 Å². The maximum Gasteiger partial charge on any atom is 0.302 e. The van der Waals surface area contributed by atoms with Crippen LogP contribution in [0.25, 0.3) is 0 Å². The minimum atomic E-state index is -0.205. The van der Waals surface area contributed by atoms with Crippen molar-refractivity contribution >= 4 is 5.97 Å². The summed E-state index contributed by atoms with van der Waals surface area (Å²) in [5, 5.41) is 0. The van der Waals surface area contributed by atoms with Gasteiger partial charge in [-0.15, -0.1) is 0 Å². The zero-order valence-corrected chi connectivity index (χ0v) is 8.40. The van der Waals surface area contributed by atoms with Gasteiger partial charge in [-0.25, -0.2) is 0 Å². The Morgan fingerprint density at radius 3 is 3.14 bits per heavy atom. The molecule has 2 saturated heterocycles. The molecule has 2 fully saturated rings. The van der Waals surface area contributed by atoms with Crippen molar-refractivity contribution in [1.82, 2.24) is 0 Å². The fraction of sp³-hybridized carbons (Fsp3) is 0.900. The summed E-state index contributed by atoms with van der Waals surface area (Å²) in [5.41, 5.74) is 0.